The molecular formula is C17H34. The lowest BCUT2D eigenvalue weighted by Gasteiger charge is -2.39. The Morgan fingerprint density at radius 2 is 0.824 bits per heavy atom. The van der Waals surface area contributed by atoms with Gasteiger partial charge in [0.05, 0.1) is 0 Å². The Labute approximate surface area is 110 Å². The van der Waals surface area contributed by atoms with E-state index < -0.39 is 0 Å². The van der Waals surface area contributed by atoms with E-state index in [0.717, 1.165) is 17.8 Å². The van der Waals surface area contributed by atoms with Gasteiger partial charge in [-0.05, 0) is 46.8 Å². The molecule has 0 bridgehead atoms. The molecule has 102 valence electrons. The standard InChI is InChI=1S/C17H34/c1-15(2,3)12-10-13(16(4,5)6)14(11-12)17(7,8)9/h12-14H,10-11H2,1-9H3. The molecule has 0 aromatic heterocycles. The number of hydrogen-bond acceptors (Lipinski definition) is 0. The molecule has 17 heavy (non-hydrogen) atoms. The zero-order valence-corrected chi connectivity index (χ0v) is 13.6. The van der Waals surface area contributed by atoms with Crippen molar-refractivity contribution in [2.45, 2.75) is 75.2 Å². The third-order valence-electron chi connectivity index (χ3n) is 5.01. The molecule has 1 rings (SSSR count). The van der Waals surface area contributed by atoms with Crippen molar-refractivity contribution in [3.63, 3.8) is 0 Å². The molecule has 1 aliphatic rings. The Kier molecular flexibility index (Phi) is 3.79. The van der Waals surface area contributed by atoms with Crippen molar-refractivity contribution in [3.05, 3.63) is 0 Å². The predicted octanol–water partition coefficient (Wildman–Crippen LogP) is 5.77. The number of rotatable bonds is 0. The third kappa shape index (κ3) is 3.48. The van der Waals surface area contributed by atoms with Crippen LogP contribution in [0.15, 0.2) is 0 Å². The molecule has 0 heteroatoms. The van der Waals surface area contributed by atoms with Crippen LogP contribution in [0, 0.1) is 34.0 Å². The Bertz CT molecular complexity index is 231. The first-order chi connectivity index (χ1) is 7.33. The van der Waals surface area contributed by atoms with E-state index >= 15 is 0 Å². The highest BCUT2D eigenvalue weighted by Gasteiger charge is 2.47. The second kappa shape index (κ2) is 4.28. The molecule has 2 atom stereocenters. The van der Waals surface area contributed by atoms with Gasteiger partial charge < -0.3 is 0 Å². The van der Waals surface area contributed by atoms with Crippen LogP contribution in [-0.2, 0) is 0 Å². The summed E-state index contributed by atoms with van der Waals surface area (Å²) in [5, 5.41) is 0. The molecule has 2 unspecified atom stereocenters. The Hall–Kier alpha value is 0. The van der Waals surface area contributed by atoms with E-state index in [2.05, 4.69) is 62.3 Å². The lowest BCUT2D eigenvalue weighted by atomic mass is 9.66. The highest BCUT2D eigenvalue weighted by Crippen LogP contribution is 2.56. The zero-order chi connectivity index (χ0) is 13.6. The molecule has 0 N–H and O–H groups in total. The molecular weight excluding hydrogens is 204 g/mol. The summed E-state index contributed by atoms with van der Waals surface area (Å²) in [6.07, 6.45) is 2.85. The second-order valence-electron chi connectivity index (χ2n) is 9.48. The first kappa shape index (κ1) is 15.1. The summed E-state index contributed by atoms with van der Waals surface area (Å²) in [6, 6.07) is 0. The van der Waals surface area contributed by atoms with Crippen LogP contribution in [0.4, 0.5) is 0 Å². The van der Waals surface area contributed by atoms with Crippen molar-refractivity contribution >= 4 is 0 Å². The Morgan fingerprint density at radius 3 is 1.00 bits per heavy atom. The van der Waals surface area contributed by atoms with Crippen molar-refractivity contribution in [2.75, 3.05) is 0 Å². The van der Waals surface area contributed by atoms with Crippen LogP contribution in [0.25, 0.3) is 0 Å². The fourth-order valence-corrected chi connectivity index (χ4v) is 3.66. The zero-order valence-electron chi connectivity index (χ0n) is 13.6. The van der Waals surface area contributed by atoms with Gasteiger partial charge in [-0.25, -0.2) is 0 Å². The van der Waals surface area contributed by atoms with E-state index in [1.165, 1.54) is 12.8 Å². The smallest absolute Gasteiger partial charge is 0.0329 e. The summed E-state index contributed by atoms with van der Waals surface area (Å²) in [6.45, 7) is 21.8. The van der Waals surface area contributed by atoms with E-state index in [0.29, 0.717) is 16.2 Å². The molecule has 0 amide bonds. The lowest BCUT2D eigenvalue weighted by Crippen LogP contribution is -2.32. The first-order valence-electron chi connectivity index (χ1n) is 7.33. The number of hydrogen-bond donors (Lipinski definition) is 0. The normalized spacial score (nSPS) is 31.9. The van der Waals surface area contributed by atoms with Crippen LogP contribution < -0.4 is 0 Å². The summed E-state index contributed by atoms with van der Waals surface area (Å²) in [5.41, 5.74) is 1.39. The molecule has 1 fully saturated rings. The molecule has 0 spiro atoms. The minimum absolute atomic E-state index is 0.456. The quantitative estimate of drug-likeness (QED) is 0.503. The van der Waals surface area contributed by atoms with Crippen LogP contribution in [-0.4, -0.2) is 0 Å². The van der Waals surface area contributed by atoms with E-state index in [1.807, 2.05) is 0 Å². The average molecular weight is 238 g/mol. The van der Waals surface area contributed by atoms with E-state index in [1.54, 1.807) is 0 Å². The van der Waals surface area contributed by atoms with Crippen LogP contribution in [0.5, 0.6) is 0 Å². The summed E-state index contributed by atoms with van der Waals surface area (Å²) in [4.78, 5) is 0. The van der Waals surface area contributed by atoms with E-state index in [-0.39, 0.29) is 0 Å². The van der Waals surface area contributed by atoms with Crippen molar-refractivity contribution < 1.29 is 0 Å². The van der Waals surface area contributed by atoms with Gasteiger partial charge in [-0.1, -0.05) is 62.3 Å². The van der Waals surface area contributed by atoms with Crippen LogP contribution in [0.2, 0.25) is 0 Å². The Balaban J connectivity index is 2.96. The maximum absolute atomic E-state index is 2.43. The fourth-order valence-electron chi connectivity index (χ4n) is 3.66. The summed E-state index contributed by atoms with van der Waals surface area (Å²) < 4.78 is 0. The first-order valence-corrected chi connectivity index (χ1v) is 7.33. The minimum atomic E-state index is 0.456. The van der Waals surface area contributed by atoms with Gasteiger partial charge in [0, 0.05) is 0 Å². The summed E-state index contributed by atoms with van der Waals surface area (Å²) >= 11 is 0. The molecule has 0 radical (unpaired) electrons. The van der Waals surface area contributed by atoms with Gasteiger partial charge in [0.25, 0.3) is 0 Å². The van der Waals surface area contributed by atoms with Gasteiger partial charge in [0.2, 0.25) is 0 Å². The maximum atomic E-state index is 2.43. The fraction of sp³-hybridized carbons (Fsp3) is 1.00. The minimum Gasteiger partial charge on any atom is -0.0599 e. The average Bonchev–Trinajstić information content (AvgIpc) is 2.42. The molecule has 1 saturated carbocycles. The topological polar surface area (TPSA) is 0 Å². The predicted molar refractivity (Wildman–Crippen MR) is 78.1 cm³/mol. The molecule has 0 nitrogen and oxygen atoms in total. The molecule has 0 heterocycles. The molecule has 0 aliphatic heterocycles. The highest BCUT2D eigenvalue weighted by molar-refractivity contribution is 4.97. The largest absolute Gasteiger partial charge is 0.0599 e. The van der Waals surface area contributed by atoms with Crippen LogP contribution in [0.3, 0.4) is 0 Å². The van der Waals surface area contributed by atoms with Crippen LogP contribution in [0.1, 0.15) is 75.2 Å². The van der Waals surface area contributed by atoms with Crippen molar-refractivity contribution in [3.8, 4) is 0 Å². The van der Waals surface area contributed by atoms with Gasteiger partial charge in [0.1, 0.15) is 0 Å². The summed E-state index contributed by atoms with van der Waals surface area (Å²) in [5.74, 6) is 2.66. The van der Waals surface area contributed by atoms with Crippen molar-refractivity contribution in [1.29, 1.82) is 0 Å². The van der Waals surface area contributed by atoms with E-state index in [4.69, 9.17) is 0 Å². The van der Waals surface area contributed by atoms with Crippen molar-refractivity contribution in [1.82, 2.24) is 0 Å². The summed E-state index contributed by atoms with van der Waals surface area (Å²) in [7, 11) is 0. The second-order valence-corrected chi connectivity index (χ2v) is 9.48. The molecule has 0 aromatic carbocycles. The van der Waals surface area contributed by atoms with Gasteiger partial charge in [-0.15, -0.1) is 0 Å². The van der Waals surface area contributed by atoms with E-state index in [9.17, 15) is 0 Å². The Morgan fingerprint density at radius 1 is 0.529 bits per heavy atom. The third-order valence-corrected chi connectivity index (χ3v) is 5.01. The monoisotopic (exact) mass is 238 g/mol. The van der Waals surface area contributed by atoms with Crippen LogP contribution >= 0.6 is 0 Å². The van der Waals surface area contributed by atoms with Gasteiger partial charge in [0.15, 0.2) is 0 Å². The van der Waals surface area contributed by atoms with Gasteiger partial charge in [-0.2, -0.15) is 0 Å². The molecule has 1 aliphatic carbocycles. The van der Waals surface area contributed by atoms with Gasteiger partial charge in [-0.3, -0.25) is 0 Å². The molecule has 0 saturated heterocycles. The molecule has 0 aromatic rings. The van der Waals surface area contributed by atoms with Gasteiger partial charge >= 0.3 is 0 Å². The lowest BCUT2D eigenvalue weighted by molar-refractivity contribution is 0.0992. The van der Waals surface area contributed by atoms with Crippen molar-refractivity contribution in [2.24, 2.45) is 34.0 Å². The maximum Gasteiger partial charge on any atom is -0.0329 e. The SMILES string of the molecule is CC(C)(C)C1CC(C(C)(C)C)C(C(C)(C)C)C1. The highest BCUT2D eigenvalue weighted by atomic mass is 14.5.